The number of ether oxygens (including phenoxy) is 3. The van der Waals surface area contributed by atoms with Crippen molar-refractivity contribution in [1.82, 2.24) is 5.43 Å². The van der Waals surface area contributed by atoms with E-state index in [4.69, 9.17) is 25.8 Å². The van der Waals surface area contributed by atoms with Gasteiger partial charge in [0.1, 0.15) is 5.75 Å². The van der Waals surface area contributed by atoms with Gasteiger partial charge in [0.15, 0.2) is 17.6 Å². The smallest absolute Gasteiger partial charge is 0.280 e. The van der Waals surface area contributed by atoms with Gasteiger partial charge in [0.2, 0.25) is 0 Å². The van der Waals surface area contributed by atoms with Crippen LogP contribution in [0.15, 0.2) is 35.4 Å². The van der Waals surface area contributed by atoms with Gasteiger partial charge in [0.05, 0.1) is 19.4 Å². The highest BCUT2D eigenvalue weighted by molar-refractivity contribution is 6.32. The van der Waals surface area contributed by atoms with Gasteiger partial charge in [0.25, 0.3) is 5.91 Å². The summed E-state index contributed by atoms with van der Waals surface area (Å²) in [6.45, 7) is 10.3. The fourth-order valence-electron chi connectivity index (χ4n) is 2.64. The molecule has 0 aliphatic rings. The summed E-state index contributed by atoms with van der Waals surface area (Å²) in [7, 11) is 0. The molecule has 2 aromatic carbocycles. The molecule has 0 fully saturated rings. The summed E-state index contributed by atoms with van der Waals surface area (Å²) in [6.07, 6.45) is 0.825. The summed E-state index contributed by atoms with van der Waals surface area (Å²) >= 11 is 6.16. The first-order chi connectivity index (χ1) is 13.8. The predicted molar refractivity (Wildman–Crippen MR) is 116 cm³/mol. The number of amides is 1. The molecule has 0 aliphatic heterocycles. The van der Waals surface area contributed by atoms with Gasteiger partial charge in [-0.25, -0.2) is 5.43 Å². The number of hydrogen-bond acceptors (Lipinski definition) is 5. The Kier molecular flexibility index (Phi) is 8.34. The second-order valence-corrected chi connectivity index (χ2v) is 6.82. The highest BCUT2D eigenvalue weighted by Crippen LogP contribution is 2.28. The van der Waals surface area contributed by atoms with Gasteiger partial charge < -0.3 is 14.2 Å². The van der Waals surface area contributed by atoms with Crippen molar-refractivity contribution < 1.29 is 19.0 Å². The van der Waals surface area contributed by atoms with Crippen LogP contribution in [0.25, 0.3) is 0 Å². The predicted octanol–water partition coefficient (Wildman–Crippen LogP) is 4.67. The van der Waals surface area contributed by atoms with Crippen LogP contribution in [0.4, 0.5) is 0 Å². The molecule has 0 heterocycles. The lowest BCUT2D eigenvalue weighted by molar-refractivity contribution is -0.127. The maximum absolute atomic E-state index is 12.3. The molecule has 29 heavy (non-hydrogen) atoms. The molecule has 0 aliphatic carbocycles. The zero-order chi connectivity index (χ0) is 21.4. The molecule has 0 saturated heterocycles. The highest BCUT2D eigenvalue weighted by Gasteiger charge is 2.15. The molecule has 6 nitrogen and oxygen atoms in total. The Morgan fingerprint density at radius 2 is 1.72 bits per heavy atom. The van der Waals surface area contributed by atoms with E-state index in [-0.39, 0.29) is 5.91 Å². The van der Waals surface area contributed by atoms with Crippen LogP contribution in [0.5, 0.6) is 17.2 Å². The zero-order valence-electron chi connectivity index (χ0n) is 17.4. The van der Waals surface area contributed by atoms with Crippen molar-refractivity contribution in [3.63, 3.8) is 0 Å². The molecule has 2 rings (SSSR count). The van der Waals surface area contributed by atoms with Gasteiger partial charge in [-0.05, 0) is 81.6 Å². The molecule has 0 bridgehead atoms. The lowest BCUT2D eigenvalue weighted by atomic mass is 10.1. The third kappa shape index (κ3) is 6.39. The number of nitrogens with one attached hydrogen (secondary N) is 1. The van der Waals surface area contributed by atoms with Crippen LogP contribution in [-0.2, 0) is 4.79 Å². The van der Waals surface area contributed by atoms with E-state index in [1.807, 2.05) is 45.9 Å². The molecule has 0 radical (unpaired) electrons. The van der Waals surface area contributed by atoms with Crippen LogP contribution < -0.4 is 19.6 Å². The van der Waals surface area contributed by atoms with Crippen LogP contribution >= 0.6 is 11.6 Å². The molecule has 1 amide bonds. The summed E-state index contributed by atoms with van der Waals surface area (Å²) in [6, 6.07) is 9.06. The average Bonchev–Trinajstić information content (AvgIpc) is 2.68. The molecule has 1 unspecified atom stereocenters. The van der Waals surface area contributed by atoms with E-state index in [1.54, 1.807) is 25.3 Å². The number of carbonyl (C=O) groups excluding carboxylic acids is 1. The number of hydrogen-bond donors (Lipinski definition) is 1. The molecule has 1 atom stereocenters. The fourth-order valence-corrected chi connectivity index (χ4v) is 2.75. The lowest BCUT2D eigenvalue weighted by Crippen LogP contribution is -2.33. The Balaban J connectivity index is 1.99. The van der Waals surface area contributed by atoms with Gasteiger partial charge in [-0.15, -0.1) is 0 Å². The molecule has 0 saturated carbocycles. The largest absolute Gasteiger partial charge is 0.490 e. The van der Waals surface area contributed by atoms with E-state index >= 15 is 0 Å². The van der Waals surface area contributed by atoms with E-state index in [9.17, 15) is 4.79 Å². The summed E-state index contributed by atoms with van der Waals surface area (Å²) in [5.74, 6) is 1.53. The second-order valence-electron chi connectivity index (χ2n) is 6.44. The van der Waals surface area contributed by atoms with Gasteiger partial charge in [0, 0.05) is 5.02 Å². The average molecular weight is 419 g/mol. The van der Waals surface area contributed by atoms with Crippen molar-refractivity contribution in [2.45, 2.75) is 40.7 Å². The monoisotopic (exact) mass is 418 g/mol. The number of aryl methyl sites for hydroxylation is 2. The normalized spacial score (nSPS) is 11.9. The first-order valence-electron chi connectivity index (χ1n) is 9.51. The van der Waals surface area contributed by atoms with E-state index < -0.39 is 6.10 Å². The summed E-state index contributed by atoms with van der Waals surface area (Å²) in [4.78, 5) is 12.3. The number of benzene rings is 2. The zero-order valence-corrected chi connectivity index (χ0v) is 18.2. The second kappa shape index (κ2) is 10.7. The van der Waals surface area contributed by atoms with Crippen LogP contribution in [-0.4, -0.2) is 31.4 Å². The number of rotatable bonds is 9. The van der Waals surface area contributed by atoms with Crippen molar-refractivity contribution in [1.29, 1.82) is 0 Å². The maximum atomic E-state index is 12.3. The SMILES string of the molecule is CCOc1ccc(/C=N/NC(=O)C(C)Oc2cc(C)c(Cl)c(C)c2)cc1OCC. The Morgan fingerprint density at radius 1 is 1.10 bits per heavy atom. The molecule has 2 aromatic rings. The van der Waals surface area contributed by atoms with E-state index in [2.05, 4.69) is 10.5 Å². The Hall–Kier alpha value is -2.73. The van der Waals surface area contributed by atoms with Gasteiger partial charge >= 0.3 is 0 Å². The van der Waals surface area contributed by atoms with Crippen LogP contribution in [0.2, 0.25) is 5.02 Å². The van der Waals surface area contributed by atoms with Crippen molar-refractivity contribution in [2.24, 2.45) is 5.10 Å². The van der Waals surface area contributed by atoms with Gasteiger partial charge in [-0.1, -0.05) is 11.6 Å². The maximum Gasteiger partial charge on any atom is 0.280 e. The molecule has 156 valence electrons. The van der Waals surface area contributed by atoms with Gasteiger partial charge in [-0.2, -0.15) is 5.10 Å². The number of nitrogens with zero attached hydrogens (tertiary/aromatic N) is 1. The topological polar surface area (TPSA) is 69.2 Å². The number of hydrazone groups is 1. The van der Waals surface area contributed by atoms with Crippen LogP contribution in [0, 0.1) is 13.8 Å². The molecule has 1 N–H and O–H groups in total. The number of carbonyl (C=O) groups is 1. The number of halogens is 1. The minimum absolute atomic E-state index is 0.359. The molecule has 0 aromatic heterocycles. The van der Waals surface area contributed by atoms with Crippen LogP contribution in [0.1, 0.15) is 37.5 Å². The highest BCUT2D eigenvalue weighted by atomic mass is 35.5. The van der Waals surface area contributed by atoms with Crippen molar-refractivity contribution in [2.75, 3.05) is 13.2 Å². The lowest BCUT2D eigenvalue weighted by Gasteiger charge is -2.15. The van der Waals surface area contributed by atoms with Crippen molar-refractivity contribution >= 4 is 23.7 Å². The molecular weight excluding hydrogens is 392 g/mol. The van der Waals surface area contributed by atoms with Gasteiger partial charge in [-0.3, -0.25) is 4.79 Å². The molecular formula is C22H27ClN2O4. The molecule has 0 spiro atoms. The standard InChI is InChI=1S/C22H27ClN2O4/c1-6-27-19-9-8-17(12-20(19)28-7-2)13-24-25-22(26)16(5)29-18-10-14(3)21(23)15(4)11-18/h8-13,16H,6-7H2,1-5H3,(H,25,26)/b24-13+. The Labute approximate surface area is 176 Å². The van der Waals surface area contributed by atoms with Crippen molar-refractivity contribution in [3.05, 3.63) is 52.0 Å². The quantitative estimate of drug-likeness (QED) is 0.474. The molecule has 7 heteroatoms. The minimum Gasteiger partial charge on any atom is -0.490 e. The third-order valence-corrected chi connectivity index (χ3v) is 4.64. The fraction of sp³-hybridized carbons (Fsp3) is 0.364. The summed E-state index contributed by atoms with van der Waals surface area (Å²) in [5, 5.41) is 4.70. The van der Waals surface area contributed by atoms with Crippen LogP contribution in [0.3, 0.4) is 0 Å². The Morgan fingerprint density at radius 3 is 2.34 bits per heavy atom. The summed E-state index contributed by atoms with van der Waals surface area (Å²) < 4.78 is 16.8. The minimum atomic E-state index is -0.716. The van der Waals surface area contributed by atoms with E-state index in [0.717, 1.165) is 16.7 Å². The first kappa shape index (κ1) is 22.6. The van der Waals surface area contributed by atoms with E-state index in [1.165, 1.54) is 0 Å². The summed E-state index contributed by atoms with van der Waals surface area (Å²) in [5.41, 5.74) is 5.06. The van der Waals surface area contributed by atoms with E-state index in [0.29, 0.717) is 35.5 Å². The Bertz CT molecular complexity index is 860. The third-order valence-electron chi connectivity index (χ3n) is 4.05. The van der Waals surface area contributed by atoms with Crippen molar-refractivity contribution in [3.8, 4) is 17.2 Å². The first-order valence-corrected chi connectivity index (χ1v) is 9.89.